The monoisotopic (exact) mass is 755 g/mol. The number of hydrogen-bond donors (Lipinski definition) is 0. The summed E-state index contributed by atoms with van der Waals surface area (Å²) in [6.45, 7) is 22.0. The van der Waals surface area contributed by atoms with Gasteiger partial charge >= 0.3 is 0 Å². The third-order valence-electron chi connectivity index (χ3n) is 7.50. The molecule has 1 aliphatic heterocycles. The number of benzene rings is 3. The zero-order valence-corrected chi connectivity index (χ0v) is 29.2. The van der Waals surface area contributed by atoms with E-state index in [2.05, 4.69) is 133 Å². The molecular weight excluding hydrogens is 714 g/mol. The van der Waals surface area contributed by atoms with E-state index in [0.717, 1.165) is 22.5 Å². The summed E-state index contributed by atoms with van der Waals surface area (Å²) in [6.07, 6.45) is 1.78. The van der Waals surface area contributed by atoms with Crippen LogP contribution in [-0.4, -0.2) is 12.0 Å². The van der Waals surface area contributed by atoms with Crippen LogP contribution in [0.15, 0.2) is 66.9 Å². The Morgan fingerprint density at radius 1 is 0.651 bits per heavy atom. The molecule has 6 heteroatoms. The number of aromatic nitrogens is 1. The van der Waals surface area contributed by atoms with Gasteiger partial charge in [-0.3, -0.25) is 0 Å². The van der Waals surface area contributed by atoms with Gasteiger partial charge in [0.25, 0.3) is 0 Å². The average molecular weight is 756 g/mol. The largest absolute Gasteiger partial charge is 0.509 e. The maximum absolute atomic E-state index is 6.38. The van der Waals surface area contributed by atoms with E-state index in [1.54, 1.807) is 6.20 Å². The first-order valence-corrected chi connectivity index (χ1v) is 14.5. The Bertz CT molecular complexity index is 1590. The van der Waals surface area contributed by atoms with E-state index in [4.69, 9.17) is 9.47 Å². The molecule has 0 spiro atoms. The van der Waals surface area contributed by atoms with Crippen molar-refractivity contribution in [2.45, 2.75) is 78.6 Å². The van der Waals surface area contributed by atoms with Crippen molar-refractivity contribution < 1.29 is 30.5 Å². The summed E-state index contributed by atoms with van der Waals surface area (Å²) in [5.41, 5.74) is 6.79. The van der Waals surface area contributed by atoms with Gasteiger partial charge in [0.1, 0.15) is 0 Å². The second kappa shape index (κ2) is 12.0. The van der Waals surface area contributed by atoms with E-state index < -0.39 is 0 Å². The van der Waals surface area contributed by atoms with Gasteiger partial charge in [-0.25, -0.2) is 4.98 Å². The van der Waals surface area contributed by atoms with Crippen molar-refractivity contribution in [1.29, 1.82) is 0 Å². The van der Waals surface area contributed by atoms with Gasteiger partial charge in [-0.2, -0.15) is 12.7 Å². The zero-order chi connectivity index (χ0) is 30.4. The molecule has 0 saturated heterocycles. The topological polar surface area (TPSA) is 37.8 Å². The van der Waals surface area contributed by atoms with E-state index in [1.807, 2.05) is 30.3 Å². The molecule has 1 aromatic heterocycles. The van der Waals surface area contributed by atoms with Gasteiger partial charge in [0.05, 0.1) is 0 Å². The predicted octanol–water partition coefficient (Wildman–Crippen LogP) is 9.86. The van der Waals surface area contributed by atoms with Gasteiger partial charge in [-0.05, 0) is 52.6 Å². The molecule has 2 heterocycles. The third-order valence-corrected chi connectivity index (χ3v) is 7.50. The van der Waals surface area contributed by atoms with Crippen LogP contribution in [0.1, 0.15) is 79.0 Å². The first kappa shape index (κ1) is 32.6. The molecule has 0 N–H and O–H groups in total. The summed E-state index contributed by atoms with van der Waals surface area (Å²) < 4.78 is 12.5. The normalized spacial score (nSPS) is 13.4. The quantitative estimate of drug-likeness (QED) is 0.190. The molecule has 0 saturated carbocycles. The number of rotatable bonds is 5. The fourth-order valence-corrected chi connectivity index (χ4v) is 4.82. The summed E-state index contributed by atoms with van der Waals surface area (Å²) in [4.78, 5) is 8.75. The second-order valence-electron chi connectivity index (χ2n) is 14.1. The van der Waals surface area contributed by atoms with Gasteiger partial charge < -0.3 is 19.3 Å². The van der Waals surface area contributed by atoms with Crippen LogP contribution in [0.2, 0.25) is 0 Å². The molecule has 230 valence electrons. The SMILES string of the molecule is CN1[CH-]N(c2[c-]c(Oc3[c-]c(Oc4cc(C(C)(C)C)ccn4)ccc3)cc(C(C)(C)C)c2)c2ccc(C(C)(C)C)cc21.[Pt]. The third kappa shape index (κ3) is 7.44. The number of anilines is 3. The molecule has 0 radical (unpaired) electrons. The van der Waals surface area contributed by atoms with Crippen molar-refractivity contribution in [3.05, 3.63) is 102 Å². The molecule has 5 nitrogen and oxygen atoms in total. The maximum Gasteiger partial charge on any atom is 0.216 e. The van der Waals surface area contributed by atoms with Crippen molar-refractivity contribution in [2.75, 3.05) is 16.8 Å². The molecule has 0 bridgehead atoms. The van der Waals surface area contributed by atoms with E-state index in [0.29, 0.717) is 23.1 Å². The molecule has 0 amide bonds. The summed E-state index contributed by atoms with van der Waals surface area (Å²) in [6, 6.07) is 27.4. The van der Waals surface area contributed by atoms with Crippen LogP contribution in [0.25, 0.3) is 0 Å². The van der Waals surface area contributed by atoms with Crippen molar-refractivity contribution in [1.82, 2.24) is 4.98 Å². The van der Waals surface area contributed by atoms with Crippen LogP contribution in [0.5, 0.6) is 23.1 Å². The summed E-state index contributed by atoms with van der Waals surface area (Å²) in [5, 5.41) is 0. The molecular formula is C37H42N3O2Pt-3. The number of hydrogen-bond acceptors (Lipinski definition) is 5. The minimum absolute atomic E-state index is 0. The number of ether oxygens (including phenoxy) is 2. The number of nitrogens with zero attached hydrogens (tertiary/aromatic N) is 3. The Morgan fingerprint density at radius 3 is 1.93 bits per heavy atom. The minimum Gasteiger partial charge on any atom is -0.509 e. The fourth-order valence-electron chi connectivity index (χ4n) is 4.82. The first-order chi connectivity index (χ1) is 19.6. The Kier molecular flexibility index (Phi) is 9.10. The van der Waals surface area contributed by atoms with Crippen LogP contribution in [0.3, 0.4) is 0 Å². The van der Waals surface area contributed by atoms with Crippen LogP contribution in [-0.2, 0) is 37.3 Å². The molecule has 4 aromatic rings. The van der Waals surface area contributed by atoms with Gasteiger partial charge in [0, 0.05) is 62.0 Å². The van der Waals surface area contributed by atoms with E-state index in [-0.39, 0.29) is 37.3 Å². The van der Waals surface area contributed by atoms with Crippen molar-refractivity contribution >= 4 is 17.1 Å². The summed E-state index contributed by atoms with van der Waals surface area (Å²) in [5.74, 6) is 2.23. The summed E-state index contributed by atoms with van der Waals surface area (Å²) in [7, 11) is 2.09. The molecule has 0 aliphatic carbocycles. The second-order valence-corrected chi connectivity index (χ2v) is 14.1. The molecule has 0 atom stereocenters. The average Bonchev–Trinajstić information content (AvgIpc) is 3.23. The van der Waals surface area contributed by atoms with Crippen molar-refractivity contribution in [2.24, 2.45) is 0 Å². The number of fused-ring (bicyclic) bond motifs is 1. The summed E-state index contributed by atoms with van der Waals surface area (Å²) >= 11 is 0. The minimum atomic E-state index is -0.0923. The molecule has 3 aromatic carbocycles. The smallest absolute Gasteiger partial charge is 0.216 e. The van der Waals surface area contributed by atoms with Gasteiger partial charge in [-0.15, -0.1) is 41.6 Å². The Balaban J connectivity index is 0.00000423. The van der Waals surface area contributed by atoms with Crippen LogP contribution in [0.4, 0.5) is 17.1 Å². The Hall–Kier alpha value is -3.30. The van der Waals surface area contributed by atoms with Crippen LogP contribution >= 0.6 is 0 Å². The molecule has 5 rings (SSSR count). The van der Waals surface area contributed by atoms with Gasteiger partial charge in [-0.1, -0.05) is 74.4 Å². The van der Waals surface area contributed by atoms with Gasteiger partial charge in [0.2, 0.25) is 5.88 Å². The van der Waals surface area contributed by atoms with Crippen LogP contribution < -0.4 is 19.3 Å². The number of pyridine rings is 1. The predicted molar refractivity (Wildman–Crippen MR) is 172 cm³/mol. The van der Waals surface area contributed by atoms with Crippen LogP contribution in [0, 0.1) is 18.8 Å². The Morgan fingerprint density at radius 2 is 1.28 bits per heavy atom. The molecule has 43 heavy (non-hydrogen) atoms. The van der Waals surface area contributed by atoms with Gasteiger partial charge in [0.15, 0.2) is 0 Å². The van der Waals surface area contributed by atoms with E-state index >= 15 is 0 Å². The first-order valence-electron chi connectivity index (χ1n) is 14.5. The zero-order valence-electron chi connectivity index (χ0n) is 26.9. The standard InChI is InChI=1S/C37H42N3O2.Pt/c1-35(2,3)25-14-15-32-33(20-25)39(10)24-40(32)28-18-27(37(7,8)9)19-31(22-28)41-29-12-11-13-30(23-29)42-34-21-26(16-17-38-34)36(4,5)6;/h11-21,24H,1-10H3;/q-3;. The van der Waals surface area contributed by atoms with Crippen molar-refractivity contribution in [3.63, 3.8) is 0 Å². The Labute approximate surface area is 272 Å². The molecule has 0 unspecified atom stereocenters. The van der Waals surface area contributed by atoms with E-state index in [9.17, 15) is 0 Å². The maximum atomic E-state index is 6.38. The fraction of sp³-hybridized carbons (Fsp3) is 0.351. The van der Waals surface area contributed by atoms with E-state index in [1.165, 1.54) is 11.3 Å². The van der Waals surface area contributed by atoms with Crippen molar-refractivity contribution in [3.8, 4) is 23.1 Å². The molecule has 0 fully saturated rings. The molecule has 1 aliphatic rings.